The molecule has 0 saturated carbocycles. The van der Waals surface area contributed by atoms with Crippen LogP contribution in [-0.2, 0) is 4.79 Å². The van der Waals surface area contributed by atoms with E-state index >= 15 is 0 Å². The lowest BCUT2D eigenvalue weighted by molar-refractivity contribution is -0.136. The van der Waals surface area contributed by atoms with E-state index < -0.39 is 11.5 Å². The van der Waals surface area contributed by atoms with E-state index in [2.05, 4.69) is 26.5 Å². The molecule has 0 radical (unpaired) electrons. The number of rotatable bonds is 3. The third-order valence-corrected chi connectivity index (χ3v) is 2.84. The van der Waals surface area contributed by atoms with Gasteiger partial charge in [0.05, 0.1) is 5.71 Å². The van der Waals surface area contributed by atoms with Crippen LogP contribution in [0.4, 0.5) is 0 Å². The summed E-state index contributed by atoms with van der Waals surface area (Å²) >= 11 is 3.40. The van der Waals surface area contributed by atoms with Gasteiger partial charge in [0, 0.05) is 10.0 Å². The van der Waals surface area contributed by atoms with Gasteiger partial charge in [0.15, 0.2) is 0 Å². The molecular formula is C12H15BrN2O2. The SMILES string of the molecule is CC(=NNC(=O)C(C)(C)O)c1ccccc1Br. The number of amides is 1. The summed E-state index contributed by atoms with van der Waals surface area (Å²) in [4.78, 5) is 11.4. The molecule has 0 aliphatic heterocycles. The Balaban J connectivity index is 2.82. The standard InChI is InChI=1S/C12H15BrN2O2/c1-8(9-6-4-5-7-10(9)13)14-15-11(16)12(2,3)17/h4-7,17H,1-3H3,(H,15,16). The molecule has 0 saturated heterocycles. The van der Waals surface area contributed by atoms with Crippen LogP contribution < -0.4 is 5.43 Å². The van der Waals surface area contributed by atoms with E-state index in [0.29, 0.717) is 5.71 Å². The Hall–Kier alpha value is -1.20. The van der Waals surface area contributed by atoms with E-state index in [-0.39, 0.29) is 0 Å². The van der Waals surface area contributed by atoms with Gasteiger partial charge in [0.1, 0.15) is 5.60 Å². The minimum atomic E-state index is -1.43. The summed E-state index contributed by atoms with van der Waals surface area (Å²) in [6.07, 6.45) is 0. The highest BCUT2D eigenvalue weighted by Crippen LogP contribution is 2.16. The Morgan fingerprint density at radius 1 is 1.41 bits per heavy atom. The summed E-state index contributed by atoms with van der Waals surface area (Å²) in [6, 6.07) is 7.57. The maximum absolute atomic E-state index is 11.4. The predicted octanol–water partition coefficient (Wildman–Crippen LogP) is 2.06. The van der Waals surface area contributed by atoms with Crippen LogP contribution in [0.25, 0.3) is 0 Å². The number of carbonyl (C=O) groups excluding carboxylic acids is 1. The summed E-state index contributed by atoms with van der Waals surface area (Å²) in [5, 5.41) is 13.4. The van der Waals surface area contributed by atoms with Crippen LogP contribution in [-0.4, -0.2) is 22.3 Å². The molecule has 4 nitrogen and oxygen atoms in total. The predicted molar refractivity (Wildman–Crippen MR) is 70.8 cm³/mol. The zero-order chi connectivity index (χ0) is 13.1. The highest BCUT2D eigenvalue weighted by molar-refractivity contribution is 9.10. The average Bonchev–Trinajstić information content (AvgIpc) is 2.24. The fourth-order valence-corrected chi connectivity index (χ4v) is 1.66. The summed E-state index contributed by atoms with van der Waals surface area (Å²) in [5.74, 6) is -0.538. The molecule has 92 valence electrons. The average molecular weight is 299 g/mol. The van der Waals surface area contributed by atoms with E-state index in [1.807, 2.05) is 24.3 Å². The molecule has 0 aromatic heterocycles. The third-order valence-electron chi connectivity index (χ3n) is 2.14. The quantitative estimate of drug-likeness (QED) is 0.663. The van der Waals surface area contributed by atoms with Gasteiger partial charge in [-0.1, -0.05) is 34.1 Å². The Bertz CT molecular complexity index is 450. The van der Waals surface area contributed by atoms with Crippen molar-refractivity contribution in [2.24, 2.45) is 5.10 Å². The van der Waals surface area contributed by atoms with Gasteiger partial charge < -0.3 is 5.11 Å². The molecule has 0 aliphatic carbocycles. The summed E-state index contributed by atoms with van der Waals surface area (Å²) in [6.45, 7) is 4.60. The Morgan fingerprint density at radius 2 is 2.00 bits per heavy atom. The fourth-order valence-electron chi connectivity index (χ4n) is 1.09. The molecule has 0 bridgehead atoms. The van der Waals surface area contributed by atoms with Crippen LogP contribution in [0.1, 0.15) is 26.3 Å². The van der Waals surface area contributed by atoms with Crippen molar-refractivity contribution in [3.8, 4) is 0 Å². The maximum atomic E-state index is 11.4. The van der Waals surface area contributed by atoms with E-state index in [1.165, 1.54) is 13.8 Å². The van der Waals surface area contributed by atoms with Crippen molar-refractivity contribution in [1.82, 2.24) is 5.43 Å². The first-order valence-corrected chi connectivity index (χ1v) is 5.93. The number of nitrogens with one attached hydrogen (secondary N) is 1. The van der Waals surface area contributed by atoms with Gasteiger partial charge >= 0.3 is 0 Å². The van der Waals surface area contributed by atoms with Gasteiger partial charge in [-0.05, 0) is 26.8 Å². The summed E-state index contributed by atoms with van der Waals surface area (Å²) in [5.41, 5.74) is 2.45. The second-order valence-corrected chi connectivity index (χ2v) is 5.03. The lowest BCUT2D eigenvalue weighted by Gasteiger charge is -2.14. The Kier molecular flexibility index (Phi) is 4.42. The van der Waals surface area contributed by atoms with Gasteiger partial charge in [-0.3, -0.25) is 4.79 Å². The number of aliphatic hydroxyl groups is 1. The minimum absolute atomic E-state index is 0.538. The molecule has 0 atom stereocenters. The molecule has 5 heteroatoms. The molecule has 0 spiro atoms. The largest absolute Gasteiger partial charge is 0.381 e. The monoisotopic (exact) mass is 298 g/mol. The Labute approximate surface area is 109 Å². The molecule has 1 aromatic carbocycles. The van der Waals surface area contributed by atoms with Gasteiger partial charge in [-0.15, -0.1) is 0 Å². The number of hydrazone groups is 1. The topological polar surface area (TPSA) is 61.7 Å². The van der Waals surface area contributed by atoms with Crippen LogP contribution in [0.3, 0.4) is 0 Å². The van der Waals surface area contributed by atoms with E-state index in [1.54, 1.807) is 6.92 Å². The first-order chi connectivity index (χ1) is 7.82. The first kappa shape index (κ1) is 13.9. The molecule has 1 amide bonds. The van der Waals surface area contributed by atoms with E-state index in [4.69, 9.17) is 0 Å². The first-order valence-electron chi connectivity index (χ1n) is 5.14. The molecular weight excluding hydrogens is 284 g/mol. The number of hydrogen-bond donors (Lipinski definition) is 2. The summed E-state index contributed by atoms with van der Waals surface area (Å²) in [7, 11) is 0. The summed E-state index contributed by atoms with van der Waals surface area (Å²) < 4.78 is 0.902. The molecule has 17 heavy (non-hydrogen) atoms. The fraction of sp³-hybridized carbons (Fsp3) is 0.333. The molecule has 0 aliphatic rings. The Morgan fingerprint density at radius 3 is 2.53 bits per heavy atom. The maximum Gasteiger partial charge on any atom is 0.271 e. The van der Waals surface area contributed by atoms with E-state index in [9.17, 15) is 9.90 Å². The van der Waals surface area contributed by atoms with Crippen LogP contribution >= 0.6 is 15.9 Å². The molecule has 2 N–H and O–H groups in total. The van der Waals surface area contributed by atoms with Crippen LogP contribution in [0.15, 0.2) is 33.8 Å². The van der Waals surface area contributed by atoms with Crippen molar-refractivity contribution in [3.05, 3.63) is 34.3 Å². The van der Waals surface area contributed by atoms with Gasteiger partial charge in [-0.25, -0.2) is 5.43 Å². The van der Waals surface area contributed by atoms with Crippen molar-refractivity contribution < 1.29 is 9.90 Å². The minimum Gasteiger partial charge on any atom is -0.381 e. The third kappa shape index (κ3) is 3.94. The van der Waals surface area contributed by atoms with Crippen molar-refractivity contribution in [2.45, 2.75) is 26.4 Å². The van der Waals surface area contributed by atoms with Gasteiger partial charge in [0.2, 0.25) is 0 Å². The van der Waals surface area contributed by atoms with Gasteiger partial charge in [-0.2, -0.15) is 5.10 Å². The van der Waals surface area contributed by atoms with E-state index in [0.717, 1.165) is 10.0 Å². The molecule has 1 aromatic rings. The van der Waals surface area contributed by atoms with Crippen LogP contribution in [0, 0.1) is 0 Å². The van der Waals surface area contributed by atoms with Crippen molar-refractivity contribution in [3.63, 3.8) is 0 Å². The highest BCUT2D eigenvalue weighted by Gasteiger charge is 2.23. The van der Waals surface area contributed by atoms with Crippen LogP contribution in [0.5, 0.6) is 0 Å². The van der Waals surface area contributed by atoms with Crippen molar-refractivity contribution in [2.75, 3.05) is 0 Å². The van der Waals surface area contributed by atoms with Crippen LogP contribution in [0.2, 0.25) is 0 Å². The second-order valence-electron chi connectivity index (χ2n) is 4.18. The van der Waals surface area contributed by atoms with Crippen molar-refractivity contribution in [1.29, 1.82) is 0 Å². The molecule has 0 fully saturated rings. The lowest BCUT2D eigenvalue weighted by Crippen LogP contribution is -2.39. The number of carbonyl (C=O) groups is 1. The van der Waals surface area contributed by atoms with Crippen molar-refractivity contribution >= 4 is 27.5 Å². The number of hydrogen-bond acceptors (Lipinski definition) is 3. The zero-order valence-electron chi connectivity index (χ0n) is 9.99. The number of benzene rings is 1. The lowest BCUT2D eigenvalue weighted by atomic mass is 10.1. The molecule has 0 unspecified atom stereocenters. The number of halogens is 1. The molecule has 0 heterocycles. The highest BCUT2D eigenvalue weighted by atomic mass is 79.9. The smallest absolute Gasteiger partial charge is 0.271 e. The normalized spacial score (nSPS) is 12.4. The van der Waals surface area contributed by atoms with Gasteiger partial charge in [0.25, 0.3) is 5.91 Å². The number of nitrogens with zero attached hydrogens (tertiary/aromatic N) is 1. The molecule has 1 rings (SSSR count). The zero-order valence-corrected chi connectivity index (χ0v) is 11.6. The second kappa shape index (κ2) is 5.42.